The Hall–Kier alpha value is -3.38. The van der Waals surface area contributed by atoms with Gasteiger partial charge in [-0.2, -0.15) is 5.09 Å². The number of rotatable bonds is 10. The summed E-state index contributed by atoms with van der Waals surface area (Å²) >= 11 is 0. The number of aliphatic hydroxyl groups is 1. The molecule has 3 unspecified atom stereocenters. The van der Waals surface area contributed by atoms with Gasteiger partial charge in [0.2, 0.25) is 11.3 Å². The SMILES string of the molecule is C=C=C[C@]1(F)[C@H](n2ccc(=O)[nH]c2=O)O[C@]2(F)C(OP(=O)(NC(C)C(=O)OC(C)C)Oc3ccccc3)[C@@]21O. The van der Waals surface area contributed by atoms with Crippen molar-refractivity contribution in [2.45, 2.75) is 62.4 Å². The van der Waals surface area contributed by atoms with E-state index in [0.717, 1.165) is 12.3 Å². The van der Waals surface area contributed by atoms with Gasteiger partial charge >= 0.3 is 19.4 Å². The van der Waals surface area contributed by atoms with Crippen LogP contribution in [0.4, 0.5) is 8.78 Å². The minimum atomic E-state index is -4.77. The number of aromatic nitrogens is 2. The van der Waals surface area contributed by atoms with E-state index in [1.54, 1.807) is 19.9 Å². The molecule has 0 amide bonds. The van der Waals surface area contributed by atoms with Crippen LogP contribution in [0.15, 0.2) is 70.6 Å². The Balaban J connectivity index is 1.69. The Morgan fingerprint density at radius 2 is 1.95 bits per heavy atom. The van der Waals surface area contributed by atoms with Crippen LogP contribution < -0.4 is 20.9 Å². The molecular formula is C24H26F2N3O9P. The van der Waals surface area contributed by atoms with Crippen molar-refractivity contribution in [1.29, 1.82) is 0 Å². The molecule has 39 heavy (non-hydrogen) atoms. The van der Waals surface area contributed by atoms with E-state index in [4.69, 9.17) is 18.5 Å². The largest absolute Gasteiger partial charge is 0.462 e. The Morgan fingerprint density at radius 1 is 1.28 bits per heavy atom. The zero-order chi connectivity index (χ0) is 28.8. The van der Waals surface area contributed by atoms with E-state index < -0.39 is 66.6 Å². The van der Waals surface area contributed by atoms with Crippen LogP contribution in [0, 0.1) is 0 Å². The van der Waals surface area contributed by atoms with Crippen molar-refractivity contribution in [3.63, 3.8) is 0 Å². The van der Waals surface area contributed by atoms with E-state index in [0.29, 0.717) is 10.6 Å². The number of hydrogen-bond donors (Lipinski definition) is 3. The van der Waals surface area contributed by atoms with E-state index >= 15 is 8.78 Å². The van der Waals surface area contributed by atoms with Crippen molar-refractivity contribution >= 4 is 13.7 Å². The third-order valence-electron chi connectivity index (χ3n) is 6.07. The first-order valence-electron chi connectivity index (χ1n) is 11.7. The quantitative estimate of drug-likeness (QED) is 0.220. The number of H-pyrrole nitrogens is 1. The molecule has 210 valence electrons. The lowest BCUT2D eigenvalue weighted by atomic mass is 9.94. The van der Waals surface area contributed by atoms with E-state index in [-0.39, 0.29) is 5.75 Å². The van der Waals surface area contributed by atoms with Crippen LogP contribution in [0.3, 0.4) is 0 Å². The molecule has 2 heterocycles. The average Bonchev–Trinajstić information content (AvgIpc) is 3.23. The Morgan fingerprint density at radius 3 is 2.54 bits per heavy atom. The number of benzene rings is 1. The smallest absolute Gasteiger partial charge is 0.460 e. The first kappa shape index (κ1) is 28.6. The molecule has 12 nitrogen and oxygen atoms in total. The fraction of sp³-hybridized carbons (Fsp3) is 0.417. The molecule has 7 atom stereocenters. The van der Waals surface area contributed by atoms with Crippen molar-refractivity contribution < 1.29 is 41.8 Å². The van der Waals surface area contributed by atoms with Crippen molar-refractivity contribution in [3.8, 4) is 5.75 Å². The summed E-state index contributed by atoms with van der Waals surface area (Å²) < 4.78 is 67.8. The number of ether oxygens (including phenoxy) is 2. The maximum atomic E-state index is 16.5. The number of carbonyl (C=O) groups is 1. The molecule has 1 aliphatic carbocycles. The van der Waals surface area contributed by atoms with Crippen LogP contribution in [-0.2, 0) is 23.4 Å². The number of carbonyl (C=O) groups excluding carboxylic acids is 1. The van der Waals surface area contributed by atoms with Gasteiger partial charge in [0.25, 0.3) is 11.4 Å². The van der Waals surface area contributed by atoms with E-state index in [9.17, 15) is 24.1 Å². The molecule has 3 N–H and O–H groups in total. The summed E-state index contributed by atoms with van der Waals surface area (Å²) in [5, 5.41) is 13.5. The monoisotopic (exact) mass is 569 g/mol. The van der Waals surface area contributed by atoms with Gasteiger partial charge in [-0.25, -0.2) is 18.1 Å². The third-order valence-corrected chi connectivity index (χ3v) is 7.71. The Labute approximate surface area is 220 Å². The maximum Gasteiger partial charge on any atom is 0.460 e. The van der Waals surface area contributed by atoms with Gasteiger partial charge in [0.05, 0.1) is 6.10 Å². The highest BCUT2D eigenvalue weighted by Crippen LogP contribution is 2.73. The Bertz CT molecular complexity index is 1480. The molecule has 0 spiro atoms. The van der Waals surface area contributed by atoms with Gasteiger partial charge in [0, 0.05) is 18.3 Å². The summed E-state index contributed by atoms with van der Waals surface area (Å²) in [6, 6.07) is 7.01. The summed E-state index contributed by atoms with van der Waals surface area (Å²) in [7, 11) is -4.77. The minimum Gasteiger partial charge on any atom is -0.462 e. The number of alkyl halides is 2. The molecule has 0 radical (unpaired) electrons. The van der Waals surface area contributed by atoms with Gasteiger partial charge in [0.1, 0.15) is 11.8 Å². The topological polar surface area (TPSA) is 158 Å². The number of hydrogen-bond acceptors (Lipinski definition) is 9. The van der Waals surface area contributed by atoms with E-state index in [1.165, 1.54) is 31.2 Å². The van der Waals surface area contributed by atoms with Crippen molar-refractivity contribution in [1.82, 2.24) is 14.6 Å². The number of nitrogens with zero attached hydrogens (tertiary/aromatic N) is 1. The molecule has 2 aromatic rings. The molecular weight excluding hydrogens is 543 g/mol. The predicted octanol–water partition coefficient (Wildman–Crippen LogP) is 2.03. The molecule has 2 aliphatic rings. The zero-order valence-electron chi connectivity index (χ0n) is 21.0. The average molecular weight is 569 g/mol. The molecule has 4 rings (SSSR count). The lowest BCUT2D eigenvalue weighted by molar-refractivity contribution is -0.154. The lowest BCUT2D eigenvalue weighted by Gasteiger charge is -2.31. The fourth-order valence-corrected chi connectivity index (χ4v) is 5.93. The predicted molar refractivity (Wildman–Crippen MR) is 131 cm³/mol. The number of halogens is 2. The lowest BCUT2D eigenvalue weighted by Crippen LogP contribution is -2.49. The summed E-state index contributed by atoms with van der Waals surface area (Å²) in [6.45, 7) is 7.69. The Kier molecular flexibility index (Phi) is 7.32. The van der Waals surface area contributed by atoms with Crippen molar-refractivity contribution in [3.05, 3.63) is 81.8 Å². The highest BCUT2D eigenvalue weighted by Gasteiger charge is 2.97. The molecule has 1 aromatic carbocycles. The summed E-state index contributed by atoms with van der Waals surface area (Å²) in [5.41, 5.74) is -6.34. The summed E-state index contributed by atoms with van der Waals surface area (Å²) in [4.78, 5) is 37.9. The molecule has 15 heteroatoms. The number of aromatic amines is 1. The summed E-state index contributed by atoms with van der Waals surface area (Å²) in [5.74, 6) is -4.24. The number of fused-ring (bicyclic) bond motifs is 1. The molecule has 1 saturated heterocycles. The van der Waals surface area contributed by atoms with Crippen LogP contribution in [0.25, 0.3) is 0 Å². The molecule has 1 aliphatic heterocycles. The van der Waals surface area contributed by atoms with Crippen LogP contribution in [0.1, 0.15) is 27.0 Å². The van der Waals surface area contributed by atoms with Gasteiger partial charge in [0.15, 0.2) is 12.3 Å². The first-order chi connectivity index (χ1) is 18.2. The minimum absolute atomic E-state index is 0.0282. The van der Waals surface area contributed by atoms with Gasteiger partial charge in [-0.15, -0.1) is 5.73 Å². The van der Waals surface area contributed by atoms with Crippen LogP contribution in [-0.4, -0.2) is 56.0 Å². The fourth-order valence-electron chi connectivity index (χ4n) is 4.23. The molecule has 2 fully saturated rings. The van der Waals surface area contributed by atoms with Crippen LogP contribution >= 0.6 is 7.75 Å². The molecule has 0 bridgehead atoms. The second-order valence-corrected chi connectivity index (χ2v) is 10.9. The standard InChI is InChI=1S/C24H26F2N3O9P/c1-5-12-22(25)20(29-13-11-17(30)27-21(29)32)36-24(26)19(23(22,24)33)38-39(34,37-16-9-7-6-8-10-16)28-15(4)18(31)35-14(2)3/h6-15,19-20,33H,1H2,2-4H3,(H,28,34)(H,27,30,32)/t15?,19?,20-,22+,23+,24-,39?/m1/s1. The maximum absolute atomic E-state index is 16.5. The zero-order valence-corrected chi connectivity index (χ0v) is 21.9. The normalized spacial score (nSPS) is 31.5. The number of para-hydroxylation sites is 1. The van der Waals surface area contributed by atoms with E-state index in [2.05, 4.69) is 17.4 Å². The number of nitrogens with one attached hydrogen (secondary N) is 2. The van der Waals surface area contributed by atoms with Crippen molar-refractivity contribution in [2.24, 2.45) is 0 Å². The number of esters is 1. The van der Waals surface area contributed by atoms with E-state index in [1.807, 2.05) is 4.98 Å². The van der Waals surface area contributed by atoms with Crippen molar-refractivity contribution in [2.75, 3.05) is 0 Å². The van der Waals surface area contributed by atoms with Crippen LogP contribution in [0.2, 0.25) is 0 Å². The second-order valence-electron chi connectivity index (χ2n) is 9.24. The van der Waals surface area contributed by atoms with Gasteiger partial charge < -0.3 is 19.1 Å². The third kappa shape index (κ3) is 4.80. The van der Waals surface area contributed by atoms with Crippen LogP contribution in [0.5, 0.6) is 5.75 Å². The highest BCUT2D eigenvalue weighted by molar-refractivity contribution is 7.52. The molecule has 1 aromatic heterocycles. The summed E-state index contributed by atoms with van der Waals surface area (Å²) in [6.07, 6.45) is -3.58. The molecule has 1 saturated carbocycles. The first-order valence-corrected chi connectivity index (χ1v) is 13.2. The van der Waals surface area contributed by atoms with Gasteiger partial charge in [-0.05, 0) is 32.9 Å². The van der Waals surface area contributed by atoms with Gasteiger partial charge in [-0.1, -0.05) is 24.8 Å². The highest BCUT2D eigenvalue weighted by atomic mass is 31.2. The second kappa shape index (κ2) is 9.98. The van der Waals surface area contributed by atoms with Gasteiger partial charge in [-0.3, -0.25) is 23.7 Å².